The van der Waals surface area contributed by atoms with E-state index in [2.05, 4.69) is 40.0 Å². The van der Waals surface area contributed by atoms with Crippen LogP contribution in [0.5, 0.6) is 0 Å². The molecule has 0 atom stereocenters. The number of anilines is 1. The quantitative estimate of drug-likeness (QED) is 0.664. The summed E-state index contributed by atoms with van der Waals surface area (Å²) in [4.78, 5) is 12.9. The standard InChI is InChI=1S/C12H17IN2O/c1-15(2)12(16)7-4-8-14-11-6-3-5-10(13)9-11/h3,5-6,9,14H,4,7-8H2,1-2H3. The van der Waals surface area contributed by atoms with E-state index in [0.717, 1.165) is 18.7 Å². The van der Waals surface area contributed by atoms with Crippen molar-refractivity contribution < 1.29 is 4.79 Å². The maximum Gasteiger partial charge on any atom is 0.222 e. The van der Waals surface area contributed by atoms with Crippen LogP contribution in [0, 0.1) is 3.57 Å². The summed E-state index contributed by atoms with van der Waals surface area (Å²) < 4.78 is 1.21. The molecule has 0 aliphatic rings. The van der Waals surface area contributed by atoms with Gasteiger partial charge in [-0.2, -0.15) is 0 Å². The summed E-state index contributed by atoms with van der Waals surface area (Å²) in [5.74, 6) is 0.185. The van der Waals surface area contributed by atoms with Gasteiger partial charge in [-0.05, 0) is 47.2 Å². The zero-order chi connectivity index (χ0) is 12.0. The topological polar surface area (TPSA) is 32.3 Å². The van der Waals surface area contributed by atoms with Crippen molar-refractivity contribution in [2.75, 3.05) is 26.0 Å². The fourth-order valence-electron chi connectivity index (χ4n) is 1.29. The molecule has 16 heavy (non-hydrogen) atoms. The van der Waals surface area contributed by atoms with Gasteiger partial charge in [-0.15, -0.1) is 0 Å². The minimum absolute atomic E-state index is 0.185. The van der Waals surface area contributed by atoms with Crippen LogP contribution in [0.4, 0.5) is 5.69 Å². The second kappa shape index (κ2) is 6.73. The number of halogens is 1. The first-order valence-electron chi connectivity index (χ1n) is 5.29. The van der Waals surface area contributed by atoms with Crippen molar-refractivity contribution in [1.29, 1.82) is 0 Å². The Labute approximate surface area is 110 Å². The van der Waals surface area contributed by atoms with Crippen LogP contribution in [-0.2, 0) is 4.79 Å². The van der Waals surface area contributed by atoms with Crippen LogP contribution < -0.4 is 5.32 Å². The minimum Gasteiger partial charge on any atom is -0.385 e. The smallest absolute Gasteiger partial charge is 0.222 e. The van der Waals surface area contributed by atoms with Crippen LogP contribution in [0.1, 0.15) is 12.8 Å². The van der Waals surface area contributed by atoms with Crippen molar-refractivity contribution in [2.45, 2.75) is 12.8 Å². The second-order valence-electron chi connectivity index (χ2n) is 3.83. The number of hydrogen-bond donors (Lipinski definition) is 1. The van der Waals surface area contributed by atoms with Gasteiger partial charge in [0.1, 0.15) is 0 Å². The molecule has 0 saturated heterocycles. The Kier molecular flexibility index (Phi) is 5.59. The average Bonchev–Trinajstić information content (AvgIpc) is 2.24. The molecule has 0 bridgehead atoms. The molecule has 0 unspecified atom stereocenters. The van der Waals surface area contributed by atoms with Crippen LogP contribution in [0.25, 0.3) is 0 Å². The normalized spacial score (nSPS) is 9.94. The predicted octanol–water partition coefficient (Wildman–Crippen LogP) is 2.57. The van der Waals surface area contributed by atoms with Crippen LogP contribution in [0.2, 0.25) is 0 Å². The maximum atomic E-state index is 11.3. The van der Waals surface area contributed by atoms with E-state index in [-0.39, 0.29) is 5.91 Å². The number of amides is 1. The van der Waals surface area contributed by atoms with E-state index >= 15 is 0 Å². The van der Waals surface area contributed by atoms with E-state index in [1.165, 1.54) is 3.57 Å². The Morgan fingerprint density at radius 3 is 2.81 bits per heavy atom. The van der Waals surface area contributed by atoms with Gasteiger partial charge in [0.05, 0.1) is 0 Å². The van der Waals surface area contributed by atoms with Crippen molar-refractivity contribution >= 4 is 34.2 Å². The first-order valence-corrected chi connectivity index (χ1v) is 6.37. The van der Waals surface area contributed by atoms with E-state index in [4.69, 9.17) is 0 Å². The summed E-state index contributed by atoms with van der Waals surface area (Å²) in [5, 5.41) is 3.30. The van der Waals surface area contributed by atoms with Crippen molar-refractivity contribution in [1.82, 2.24) is 4.90 Å². The minimum atomic E-state index is 0.185. The van der Waals surface area contributed by atoms with Gasteiger partial charge in [-0.3, -0.25) is 4.79 Å². The summed E-state index contributed by atoms with van der Waals surface area (Å²) >= 11 is 2.28. The highest BCUT2D eigenvalue weighted by Crippen LogP contribution is 2.12. The number of benzene rings is 1. The molecule has 1 aromatic rings. The second-order valence-corrected chi connectivity index (χ2v) is 5.07. The van der Waals surface area contributed by atoms with Gasteiger partial charge in [0.25, 0.3) is 0 Å². The lowest BCUT2D eigenvalue weighted by Gasteiger charge is -2.10. The Morgan fingerprint density at radius 2 is 2.19 bits per heavy atom. The summed E-state index contributed by atoms with van der Waals surface area (Å²) in [7, 11) is 3.57. The van der Waals surface area contributed by atoms with Crippen LogP contribution in [0.3, 0.4) is 0 Å². The third-order valence-electron chi connectivity index (χ3n) is 2.22. The largest absolute Gasteiger partial charge is 0.385 e. The molecule has 0 heterocycles. The van der Waals surface area contributed by atoms with Gasteiger partial charge in [0.2, 0.25) is 5.91 Å². The Hall–Kier alpha value is -0.780. The summed E-state index contributed by atoms with van der Waals surface area (Å²) in [6, 6.07) is 8.21. The molecule has 1 rings (SSSR count). The molecular weight excluding hydrogens is 315 g/mol. The highest BCUT2D eigenvalue weighted by Gasteiger charge is 2.02. The Balaban J connectivity index is 2.23. The molecule has 0 fully saturated rings. The van der Waals surface area contributed by atoms with Crippen molar-refractivity contribution in [2.24, 2.45) is 0 Å². The molecule has 0 aromatic heterocycles. The van der Waals surface area contributed by atoms with Crippen LogP contribution >= 0.6 is 22.6 Å². The van der Waals surface area contributed by atoms with E-state index in [9.17, 15) is 4.79 Å². The van der Waals surface area contributed by atoms with Gasteiger partial charge < -0.3 is 10.2 Å². The Morgan fingerprint density at radius 1 is 1.44 bits per heavy atom. The molecule has 0 saturated carbocycles. The maximum absolute atomic E-state index is 11.3. The van der Waals surface area contributed by atoms with Gasteiger partial charge in [-0.25, -0.2) is 0 Å². The number of rotatable bonds is 5. The van der Waals surface area contributed by atoms with E-state index in [1.807, 2.05) is 12.1 Å². The highest BCUT2D eigenvalue weighted by atomic mass is 127. The molecule has 1 N–H and O–H groups in total. The third-order valence-corrected chi connectivity index (χ3v) is 2.89. The van der Waals surface area contributed by atoms with E-state index in [1.54, 1.807) is 19.0 Å². The van der Waals surface area contributed by atoms with Crippen molar-refractivity contribution in [3.63, 3.8) is 0 Å². The molecule has 1 aromatic carbocycles. The SMILES string of the molecule is CN(C)C(=O)CCCNc1cccc(I)c1. The Bertz CT molecular complexity index is 353. The lowest BCUT2D eigenvalue weighted by atomic mass is 10.2. The zero-order valence-corrected chi connectivity index (χ0v) is 11.8. The lowest BCUT2D eigenvalue weighted by molar-refractivity contribution is -0.128. The molecule has 88 valence electrons. The van der Waals surface area contributed by atoms with E-state index in [0.29, 0.717) is 6.42 Å². The van der Waals surface area contributed by atoms with E-state index < -0.39 is 0 Å². The molecular formula is C12H17IN2O. The number of nitrogens with zero attached hydrogens (tertiary/aromatic N) is 1. The summed E-state index contributed by atoms with van der Waals surface area (Å²) in [6.07, 6.45) is 1.46. The fourth-order valence-corrected chi connectivity index (χ4v) is 1.84. The molecule has 3 nitrogen and oxygen atoms in total. The number of nitrogens with one attached hydrogen (secondary N) is 1. The highest BCUT2D eigenvalue weighted by molar-refractivity contribution is 14.1. The molecule has 0 aliphatic heterocycles. The van der Waals surface area contributed by atoms with Crippen molar-refractivity contribution in [3.8, 4) is 0 Å². The fraction of sp³-hybridized carbons (Fsp3) is 0.417. The first kappa shape index (κ1) is 13.3. The lowest BCUT2D eigenvalue weighted by Crippen LogP contribution is -2.22. The zero-order valence-electron chi connectivity index (χ0n) is 9.66. The van der Waals surface area contributed by atoms with Gasteiger partial charge >= 0.3 is 0 Å². The molecule has 4 heteroatoms. The molecule has 0 aliphatic carbocycles. The first-order chi connectivity index (χ1) is 7.59. The average molecular weight is 332 g/mol. The summed E-state index contributed by atoms with van der Waals surface area (Å²) in [6.45, 7) is 0.833. The molecule has 1 amide bonds. The monoisotopic (exact) mass is 332 g/mol. The van der Waals surface area contributed by atoms with Crippen LogP contribution in [0.15, 0.2) is 24.3 Å². The number of carbonyl (C=O) groups is 1. The van der Waals surface area contributed by atoms with Crippen molar-refractivity contribution in [3.05, 3.63) is 27.8 Å². The number of hydrogen-bond acceptors (Lipinski definition) is 2. The van der Waals surface area contributed by atoms with Crippen LogP contribution in [-0.4, -0.2) is 31.4 Å². The molecule has 0 spiro atoms. The van der Waals surface area contributed by atoms with Gasteiger partial charge in [-0.1, -0.05) is 6.07 Å². The number of carbonyl (C=O) groups excluding carboxylic acids is 1. The van der Waals surface area contributed by atoms with Gasteiger partial charge in [0, 0.05) is 36.3 Å². The molecule has 0 radical (unpaired) electrons. The van der Waals surface area contributed by atoms with Gasteiger partial charge in [0.15, 0.2) is 0 Å². The third kappa shape index (κ3) is 4.83. The summed E-state index contributed by atoms with van der Waals surface area (Å²) in [5.41, 5.74) is 1.12. The predicted molar refractivity (Wildman–Crippen MR) is 75.6 cm³/mol.